The van der Waals surface area contributed by atoms with Crippen molar-refractivity contribution in [2.75, 3.05) is 12.4 Å². The molecule has 0 saturated carbocycles. The highest BCUT2D eigenvalue weighted by Crippen LogP contribution is 2.27. The maximum absolute atomic E-state index is 11.9. The van der Waals surface area contributed by atoms with Crippen LogP contribution in [0.2, 0.25) is 5.02 Å². The molecule has 1 amide bonds. The van der Waals surface area contributed by atoms with Crippen molar-refractivity contribution in [2.45, 2.75) is 39.3 Å². The van der Waals surface area contributed by atoms with E-state index >= 15 is 0 Å². The summed E-state index contributed by atoms with van der Waals surface area (Å²) in [6.45, 7) is 5.84. The van der Waals surface area contributed by atoms with E-state index in [9.17, 15) is 4.79 Å². The Labute approximate surface area is 119 Å². The zero-order valence-electron chi connectivity index (χ0n) is 11.8. The van der Waals surface area contributed by atoms with E-state index in [0.717, 1.165) is 12.1 Å². The second-order valence-corrected chi connectivity index (χ2v) is 4.94. The number of hydrogen-bond acceptors (Lipinski definition) is 3. The van der Waals surface area contributed by atoms with Crippen LogP contribution < -0.4 is 15.4 Å². The first-order chi connectivity index (χ1) is 8.97. The molecule has 0 heterocycles. The Bertz CT molecular complexity index is 437. The number of anilines is 1. The summed E-state index contributed by atoms with van der Waals surface area (Å²) in [4.78, 5) is 11.9. The van der Waals surface area contributed by atoms with Gasteiger partial charge in [-0.25, -0.2) is 0 Å². The second-order valence-electron chi connectivity index (χ2n) is 4.53. The third-order valence-corrected chi connectivity index (χ3v) is 3.24. The molecule has 0 spiro atoms. The summed E-state index contributed by atoms with van der Waals surface area (Å²) in [6, 6.07) is 5.19. The Hall–Kier alpha value is -1.42. The van der Waals surface area contributed by atoms with E-state index in [1.54, 1.807) is 19.2 Å². The molecule has 1 aromatic carbocycles. The first kappa shape index (κ1) is 15.6. The lowest BCUT2D eigenvalue weighted by molar-refractivity contribution is -0.122. The van der Waals surface area contributed by atoms with Crippen LogP contribution in [0, 0.1) is 0 Å². The average Bonchev–Trinajstić information content (AvgIpc) is 2.40. The van der Waals surface area contributed by atoms with E-state index in [1.807, 2.05) is 26.8 Å². The molecule has 5 heteroatoms. The van der Waals surface area contributed by atoms with Crippen LogP contribution in [0.25, 0.3) is 0 Å². The average molecular weight is 285 g/mol. The first-order valence-electron chi connectivity index (χ1n) is 6.38. The molecule has 0 radical (unpaired) electrons. The summed E-state index contributed by atoms with van der Waals surface area (Å²) in [5.41, 5.74) is 0.799. The molecule has 0 fully saturated rings. The van der Waals surface area contributed by atoms with Gasteiger partial charge in [-0.05, 0) is 32.4 Å². The number of carbonyl (C=O) groups is 1. The van der Waals surface area contributed by atoms with Crippen LogP contribution in [0.4, 0.5) is 5.69 Å². The standard InChI is InChI=1S/C14H21ClN2O2/c1-5-9(2)16-14(18)10(3)17-11-6-7-12(15)13(8-11)19-4/h6-10,17H,5H2,1-4H3,(H,16,18). The number of methoxy groups -OCH3 is 1. The highest BCUT2D eigenvalue weighted by molar-refractivity contribution is 6.32. The smallest absolute Gasteiger partial charge is 0.242 e. The maximum Gasteiger partial charge on any atom is 0.242 e. The summed E-state index contributed by atoms with van der Waals surface area (Å²) in [6.07, 6.45) is 0.910. The molecular formula is C14H21ClN2O2. The quantitative estimate of drug-likeness (QED) is 0.844. The summed E-state index contributed by atoms with van der Waals surface area (Å²) in [5.74, 6) is 0.560. The van der Waals surface area contributed by atoms with E-state index in [2.05, 4.69) is 10.6 Å². The molecule has 1 rings (SSSR count). The minimum absolute atomic E-state index is 0.0248. The molecule has 0 aliphatic rings. The summed E-state index contributed by atoms with van der Waals surface area (Å²) >= 11 is 5.95. The molecule has 2 atom stereocenters. The Kier molecular flexibility index (Phi) is 5.96. The van der Waals surface area contributed by atoms with Gasteiger partial charge >= 0.3 is 0 Å². The lowest BCUT2D eigenvalue weighted by Gasteiger charge is -2.18. The van der Waals surface area contributed by atoms with E-state index in [0.29, 0.717) is 10.8 Å². The summed E-state index contributed by atoms with van der Waals surface area (Å²) in [7, 11) is 1.56. The summed E-state index contributed by atoms with van der Waals surface area (Å²) in [5, 5.41) is 6.60. The predicted octanol–water partition coefficient (Wildman–Crippen LogP) is 3.06. The fraction of sp³-hybridized carbons (Fsp3) is 0.500. The Morgan fingerprint density at radius 1 is 1.42 bits per heavy atom. The van der Waals surface area contributed by atoms with Gasteiger partial charge in [0.05, 0.1) is 12.1 Å². The van der Waals surface area contributed by atoms with Crippen molar-refractivity contribution in [2.24, 2.45) is 0 Å². The van der Waals surface area contributed by atoms with Crippen molar-refractivity contribution < 1.29 is 9.53 Å². The van der Waals surface area contributed by atoms with Crippen molar-refractivity contribution in [1.82, 2.24) is 5.32 Å². The van der Waals surface area contributed by atoms with Crippen molar-refractivity contribution in [3.8, 4) is 5.75 Å². The van der Waals surface area contributed by atoms with Crippen molar-refractivity contribution in [1.29, 1.82) is 0 Å². The van der Waals surface area contributed by atoms with Gasteiger partial charge < -0.3 is 15.4 Å². The van der Waals surface area contributed by atoms with Crippen LogP contribution in [-0.4, -0.2) is 25.1 Å². The number of halogens is 1. The number of ether oxygens (including phenoxy) is 1. The monoisotopic (exact) mass is 284 g/mol. The van der Waals surface area contributed by atoms with Crippen LogP contribution in [0.15, 0.2) is 18.2 Å². The number of hydrogen-bond donors (Lipinski definition) is 2. The molecule has 2 N–H and O–H groups in total. The van der Waals surface area contributed by atoms with Gasteiger partial charge in [-0.1, -0.05) is 18.5 Å². The minimum Gasteiger partial charge on any atom is -0.495 e. The Morgan fingerprint density at radius 2 is 2.11 bits per heavy atom. The molecule has 1 aromatic rings. The molecule has 2 unspecified atom stereocenters. The second kappa shape index (κ2) is 7.24. The van der Waals surface area contributed by atoms with Crippen LogP contribution >= 0.6 is 11.6 Å². The molecule has 0 aliphatic heterocycles. The molecule has 0 aromatic heterocycles. The van der Waals surface area contributed by atoms with Gasteiger partial charge in [0, 0.05) is 17.8 Å². The van der Waals surface area contributed by atoms with Crippen LogP contribution in [0.5, 0.6) is 5.75 Å². The van der Waals surface area contributed by atoms with Crippen molar-refractivity contribution >= 4 is 23.2 Å². The van der Waals surface area contributed by atoms with Crippen LogP contribution in [-0.2, 0) is 4.79 Å². The number of benzene rings is 1. The maximum atomic E-state index is 11.9. The van der Waals surface area contributed by atoms with E-state index in [-0.39, 0.29) is 18.0 Å². The SMILES string of the molecule is CCC(C)NC(=O)C(C)Nc1ccc(Cl)c(OC)c1. The van der Waals surface area contributed by atoms with E-state index in [1.165, 1.54) is 0 Å². The lowest BCUT2D eigenvalue weighted by Crippen LogP contribution is -2.41. The van der Waals surface area contributed by atoms with Crippen molar-refractivity contribution in [3.05, 3.63) is 23.2 Å². The third kappa shape index (κ3) is 4.63. The Balaban J connectivity index is 2.66. The van der Waals surface area contributed by atoms with Gasteiger partial charge in [0.2, 0.25) is 5.91 Å². The normalized spacial score (nSPS) is 13.5. The number of rotatable bonds is 6. The van der Waals surface area contributed by atoms with Crippen LogP contribution in [0.3, 0.4) is 0 Å². The molecule has 19 heavy (non-hydrogen) atoms. The highest BCUT2D eigenvalue weighted by Gasteiger charge is 2.14. The summed E-state index contributed by atoms with van der Waals surface area (Å²) < 4.78 is 5.14. The fourth-order valence-corrected chi connectivity index (χ4v) is 1.73. The van der Waals surface area contributed by atoms with E-state index < -0.39 is 0 Å². The molecule has 4 nitrogen and oxygen atoms in total. The molecule has 0 aliphatic carbocycles. The number of nitrogens with one attached hydrogen (secondary N) is 2. The van der Waals surface area contributed by atoms with Gasteiger partial charge in [0.25, 0.3) is 0 Å². The fourth-order valence-electron chi connectivity index (χ4n) is 1.54. The molecule has 106 valence electrons. The number of carbonyl (C=O) groups excluding carboxylic acids is 1. The van der Waals surface area contributed by atoms with Gasteiger partial charge in [-0.2, -0.15) is 0 Å². The molecule has 0 saturated heterocycles. The molecule has 0 bridgehead atoms. The topological polar surface area (TPSA) is 50.4 Å². The minimum atomic E-state index is -0.320. The van der Waals surface area contributed by atoms with Gasteiger partial charge in [0.15, 0.2) is 0 Å². The molecular weight excluding hydrogens is 264 g/mol. The van der Waals surface area contributed by atoms with Crippen molar-refractivity contribution in [3.63, 3.8) is 0 Å². The van der Waals surface area contributed by atoms with Gasteiger partial charge in [0.1, 0.15) is 11.8 Å². The lowest BCUT2D eigenvalue weighted by atomic mass is 10.2. The van der Waals surface area contributed by atoms with Gasteiger partial charge in [-0.15, -0.1) is 0 Å². The zero-order chi connectivity index (χ0) is 14.4. The zero-order valence-corrected chi connectivity index (χ0v) is 12.5. The largest absolute Gasteiger partial charge is 0.495 e. The Morgan fingerprint density at radius 3 is 2.68 bits per heavy atom. The third-order valence-electron chi connectivity index (χ3n) is 2.93. The first-order valence-corrected chi connectivity index (χ1v) is 6.76. The number of amides is 1. The van der Waals surface area contributed by atoms with Gasteiger partial charge in [-0.3, -0.25) is 4.79 Å². The predicted molar refractivity (Wildman–Crippen MR) is 79.0 cm³/mol. The van der Waals surface area contributed by atoms with E-state index in [4.69, 9.17) is 16.3 Å². The highest BCUT2D eigenvalue weighted by atomic mass is 35.5. The van der Waals surface area contributed by atoms with Crippen LogP contribution in [0.1, 0.15) is 27.2 Å².